The Morgan fingerprint density at radius 3 is 2.67 bits per heavy atom. The first-order valence-electron chi connectivity index (χ1n) is 5.50. The van der Waals surface area contributed by atoms with Crippen LogP contribution in [0.2, 0.25) is 0 Å². The highest BCUT2D eigenvalue weighted by Gasteiger charge is 2.23. The van der Waals surface area contributed by atoms with Crippen LogP contribution in [0.15, 0.2) is 35.7 Å². The molecule has 0 saturated carbocycles. The summed E-state index contributed by atoms with van der Waals surface area (Å²) >= 11 is 0. The number of anilines is 1. The van der Waals surface area contributed by atoms with Gasteiger partial charge in [0.1, 0.15) is 0 Å². The standard InChI is InChI=1S/C12H14N2O3S/c1-13-11-5-3-2-4-10(11)12(15)14-9-6-7-18(16,17)8-9/h2-7,9,13H,8H2,1H3,(H,14,15). The first-order valence-corrected chi connectivity index (χ1v) is 7.22. The molecular formula is C12H14N2O3S. The van der Waals surface area contributed by atoms with E-state index in [1.165, 1.54) is 6.08 Å². The van der Waals surface area contributed by atoms with Crippen molar-refractivity contribution in [3.63, 3.8) is 0 Å². The molecule has 2 rings (SSSR count). The quantitative estimate of drug-likeness (QED) is 0.847. The Kier molecular flexibility index (Phi) is 3.38. The molecule has 96 valence electrons. The highest BCUT2D eigenvalue weighted by atomic mass is 32.2. The summed E-state index contributed by atoms with van der Waals surface area (Å²) in [6, 6.07) is 6.61. The van der Waals surface area contributed by atoms with E-state index in [0.29, 0.717) is 11.3 Å². The van der Waals surface area contributed by atoms with Crippen molar-refractivity contribution < 1.29 is 13.2 Å². The predicted molar refractivity (Wildman–Crippen MR) is 70.2 cm³/mol. The van der Waals surface area contributed by atoms with Gasteiger partial charge < -0.3 is 10.6 Å². The van der Waals surface area contributed by atoms with Crippen LogP contribution in [0.25, 0.3) is 0 Å². The van der Waals surface area contributed by atoms with Gasteiger partial charge in [-0.25, -0.2) is 8.42 Å². The van der Waals surface area contributed by atoms with Gasteiger partial charge in [-0.05, 0) is 18.2 Å². The summed E-state index contributed by atoms with van der Waals surface area (Å²) in [4.78, 5) is 12.0. The maximum atomic E-state index is 12.0. The molecule has 5 nitrogen and oxygen atoms in total. The maximum Gasteiger partial charge on any atom is 0.253 e. The van der Waals surface area contributed by atoms with E-state index in [1.54, 1.807) is 25.2 Å². The fourth-order valence-electron chi connectivity index (χ4n) is 1.81. The van der Waals surface area contributed by atoms with Gasteiger partial charge in [0.05, 0.1) is 17.4 Å². The van der Waals surface area contributed by atoms with Crippen LogP contribution in [0.1, 0.15) is 10.4 Å². The number of benzene rings is 1. The van der Waals surface area contributed by atoms with Crippen LogP contribution in [0.5, 0.6) is 0 Å². The number of carbonyl (C=O) groups excluding carboxylic acids is 1. The topological polar surface area (TPSA) is 75.3 Å². The van der Waals surface area contributed by atoms with E-state index in [2.05, 4.69) is 10.6 Å². The number of hydrogen-bond acceptors (Lipinski definition) is 4. The lowest BCUT2D eigenvalue weighted by Gasteiger charge is -2.12. The number of para-hydroxylation sites is 1. The first kappa shape index (κ1) is 12.6. The van der Waals surface area contributed by atoms with Crippen molar-refractivity contribution in [3.05, 3.63) is 41.3 Å². The van der Waals surface area contributed by atoms with E-state index < -0.39 is 15.9 Å². The average molecular weight is 266 g/mol. The van der Waals surface area contributed by atoms with Crippen molar-refractivity contribution in [3.8, 4) is 0 Å². The third-order valence-electron chi connectivity index (χ3n) is 2.69. The Balaban J connectivity index is 2.12. The van der Waals surface area contributed by atoms with Crippen molar-refractivity contribution in [1.82, 2.24) is 5.32 Å². The highest BCUT2D eigenvalue weighted by molar-refractivity contribution is 7.94. The maximum absolute atomic E-state index is 12.0. The molecule has 0 bridgehead atoms. The minimum Gasteiger partial charge on any atom is -0.387 e. The molecule has 0 saturated heterocycles. The van der Waals surface area contributed by atoms with E-state index >= 15 is 0 Å². The normalized spacial score (nSPS) is 20.6. The molecule has 0 radical (unpaired) electrons. The van der Waals surface area contributed by atoms with Crippen LogP contribution in [0.4, 0.5) is 5.69 Å². The molecule has 18 heavy (non-hydrogen) atoms. The molecule has 6 heteroatoms. The Morgan fingerprint density at radius 1 is 1.33 bits per heavy atom. The molecule has 1 aliphatic rings. The second-order valence-corrected chi connectivity index (χ2v) is 5.96. The zero-order valence-corrected chi connectivity index (χ0v) is 10.7. The van der Waals surface area contributed by atoms with Crippen LogP contribution >= 0.6 is 0 Å². The summed E-state index contributed by atoms with van der Waals surface area (Å²) < 4.78 is 22.5. The summed E-state index contributed by atoms with van der Waals surface area (Å²) in [6.45, 7) is 0. The first-order chi connectivity index (χ1) is 8.52. The minimum absolute atomic E-state index is 0.0690. The zero-order valence-electron chi connectivity index (χ0n) is 9.88. The molecule has 1 amide bonds. The van der Waals surface area contributed by atoms with Crippen LogP contribution in [0.3, 0.4) is 0 Å². The molecule has 1 atom stereocenters. The fraction of sp³-hybridized carbons (Fsp3) is 0.250. The SMILES string of the molecule is CNc1ccccc1C(=O)NC1C=CS(=O)(=O)C1. The van der Waals surface area contributed by atoms with Crippen molar-refractivity contribution in [1.29, 1.82) is 0 Å². The van der Waals surface area contributed by atoms with E-state index in [4.69, 9.17) is 0 Å². The number of nitrogens with one attached hydrogen (secondary N) is 2. The van der Waals surface area contributed by atoms with Crippen LogP contribution in [0, 0.1) is 0 Å². The van der Waals surface area contributed by atoms with Crippen molar-refractivity contribution in [2.45, 2.75) is 6.04 Å². The van der Waals surface area contributed by atoms with Gasteiger partial charge in [0, 0.05) is 18.1 Å². The Labute approximate surface area is 106 Å². The number of amides is 1. The minimum atomic E-state index is -3.15. The van der Waals surface area contributed by atoms with Crippen molar-refractivity contribution in [2.75, 3.05) is 18.1 Å². The third-order valence-corrected chi connectivity index (χ3v) is 4.08. The monoisotopic (exact) mass is 266 g/mol. The molecule has 1 aliphatic heterocycles. The number of hydrogen-bond donors (Lipinski definition) is 2. The second-order valence-electron chi connectivity index (χ2n) is 4.03. The fourth-order valence-corrected chi connectivity index (χ4v) is 3.05. The molecular weight excluding hydrogens is 252 g/mol. The molecule has 1 heterocycles. The molecule has 1 aromatic rings. The van der Waals surface area contributed by atoms with Crippen LogP contribution < -0.4 is 10.6 Å². The van der Waals surface area contributed by atoms with E-state index in [-0.39, 0.29) is 11.7 Å². The smallest absolute Gasteiger partial charge is 0.253 e. The van der Waals surface area contributed by atoms with Crippen LogP contribution in [-0.2, 0) is 9.84 Å². The molecule has 0 aliphatic carbocycles. The molecule has 0 aromatic heterocycles. The molecule has 1 unspecified atom stereocenters. The number of rotatable bonds is 3. The van der Waals surface area contributed by atoms with E-state index in [9.17, 15) is 13.2 Å². The Hall–Kier alpha value is -1.82. The molecule has 2 N–H and O–H groups in total. The summed E-state index contributed by atoms with van der Waals surface area (Å²) in [7, 11) is -1.42. The highest BCUT2D eigenvalue weighted by Crippen LogP contribution is 2.15. The van der Waals surface area contributed by atoms with Gasteiger partial charge in [-0.3, -0.25) is 4.79 Å². The second kappa shape index (κ2) is 4.81. The van der Waals surface area contributed by atoms with Gasteiger partial charge in [0.2, 0.25) is 0 Å². The van der Waals surface area contributed by atoms with Gasteiger partial charge in [-0.1, -0.05) is 12.1 Å². The van der Waals surface area contributed by atoms with Crippen LogP contribution in [-0.4, -0.2) is 33.2 Å². The summed E-state index contributed by atoms with van der Waals surface area (Å²) in [5, 5.41) is 6.74. The number of sulfone groups is 1. The van der Waals surface area contributed by atoms with Gasteiger partial charge in [0.25, 0.3) is 5.91 Å². The van der Waals surface area contributed by atoms with Gasteiger partial charge in [-0.15, -0.1) is 0 Å². The van der Waals surface area contributed by atoms with Gasteiger partial charge in [0.15, 0.2) is 9.84 Å². The predicted octanol–water partition coefficient (Wildman–Crippen LogP) is 0.769. The van der Waals surface area contributed by atoms with Crippen molar-refractivity contribution >= 4 is 21.4 Å². The Morgan fingerprint density at radius 2 is 2.06 bits per heavy atom. The lowest BCUT2D eigenvalue weighted by molar-refractivity contribution is 0.0948. The summed E-state index contributed by atoms with van der Waals surface area (Å²) in [6.07, 6.45) is 1.50. The lowest BCUT2D eigenvalue weighted by atomic mass is 10.1. The van der Waals surface area contributed by atoms with E-state index in [1.807, 2.05) is 6.07 Å². The van der Waals surface area contributed by atoms with Crippen molar-refractivity contribution in [2.24, 2.45) is 0 Å². The lowest BCUT2D eigenvalue weighted by Crippen LogP contribution is -2.35. The van der Waals surface area contributed by atoms with E-state index in [0.717, 1.165) is 5.41 Å². The number of carbonyl (C=O) groups is 1. The van der Waals surface area contributed by atoms with Gasteiger partial charge in [-0.2, -0.15) is 0 Å². The Bertz CT molecular complexity index is 593. The largest absolute Gasteiger partial charge is 0.387 e. The summed E-state index contributed by atoms with van der Waals surface area (Å²) in [5.74, 6) is -0.354. The molecule has 0 fully saturated rings. The molecule has 1 aromatic carbocycles. The summed E-state index contributed by atoms with van der Waals surface area (Å²) in [5.41, 5.74) is 1.21. The average Bonchev–Trinajstić information content (AvgIpc) is 2.68. The van der Waals surface area contributed by atoms with Gasteiger partial charge >= 0.3 is 0 Å². The zero-order chi connectivity index (χ0) is 13.2. The third kappa shape index (κ3) is 2.70. The molecule has 0 spiro atoms.